The van der Waals surface area contributed by atoms with Crippen LogP contribution in [0.1, 0.15) is 61.3 Å². The maximum Gasteiger partial charge on any atom is 0.251 e. The molecular formula is C22H31N5O2S. The van der Waals surface area contributed by atoms with Gasteiger partial charge in [-0.1, -0.05) is 49.2 Å². The van der Waals surface area contributed by atoms with Gasteiger partial charge in [-0.15, -0.1) is 10.2 Å². The van der Waals surface area contributed by atoms with E-state index in [1.165, 1.54) is 31.0 Å². The fraction of sp³-hybridized carbons (Fsp3) is 0.545. The van der Waals surface area contributed by atoms with Crippen LogP contribution >= 0.6 is 11.8 Å². The Morgan fingerprint density at radius 3 is 2.77 bits per heavy atom. The third kappa shape index (κ3) is 5.84. The van der Waals surface area contributed by atoms with Crippen molar-refractivity contribution in [3.63, 3.8) is 0 Å². The molecule has 0 bridgehead atoms. The molecule has 1 aromatic heterocycles. The fourth-order valence-electron chi connectivity index (χ4n) is 3.83. The zero-order valence-corrected chi connectivity index (χ0v) is 18.8. The van der Waals surface area contributed by atoms with Gasteiger partial charge in [0.15, 0.2) is 11.0 Å². The molecule has 0 radical (unpaired) electrons. The van der Waals surface area contributed by atoms with Crippen molar-refractivity contribution in [3.05, 3.63) is 41.2 Å². The Balaban J connectivity index is 1.53. The van der Waals surface area contributed by atoms with Crippen LogP contribution in [0.4, 0.5) is 0 Å². The second kappa shape index (κ2) is 10.6. The number of aromatic nitrogens is 3. The van der Waals surface area contributed by atoms with Crippen molar-refractivity contribution >= 4 is 23.6 Å². The van der Waals surface area contributed by atoms with E-state index < -0.39 is 0 Å². The van der Waals surface area contributed by atoms with Gasteiger partial charge in [0.2, 0.25) is 5.91 Å². The predicted octanol–water partition coefficient (Wildman–Crippen LogP) is 3.32. The average Bonchev–Trinajstić information content (AvgIpc) is 3.14. The highest BCUT2D eigenvalue weighted by atomic mass is 32.2. The SMILES string of the molecule is CCn1c(CNC(=O)c2cccc(C)c2)nnc1SCC(=O)N[C@H]1CCCC[C@@H]1C. The Morgan fingerprint density at radius 1 is 1.23 bits per heavy atom. The highest BCUT2D eigenvalue weighted by molar-refractivity contribution is 7.99. The number of carbonyl (C=O) groups excluding carboxylic acids is 2. The van der Waals surface area contributed by atoms with Crippen LogP contribution in [0.2, 0.25) is 0 Å². The van der Waals surface area contributed by atoms with E-state index >= 15 is 0 Å². The standard InChI is InChI=1S/C22H31N5O2S/c1-4-27-19(13-23-21(29)17-10-7-8-15(2)12-17)25-26-22(27)30-14-20(28)24-18-11-6-5-9-16(18)3/h7-8,10,12,16,18H,4-6,9,11,13-14H2,1-3H3,(H,23,29)(H,24,28)/t16-,18-/m0/s1. The topological polar surface area (TPSA) is 88.9 Å². The molecule has 1 saturated carbocycles. The van der Waals surface area contributed by atoms with E-state index in [0.717, 1.165) is 12.0 Å². The molecule has 1 fully saturated rings. The number of hydrogen-bond acceptors (Lipinski definition) is 5. The quantitative estimate of drug-likeness (QED) is 0.629. The number of rotatable bonds is 8. The molecule has 2 aromatic rings. The Kier molecular flexibility index (Phi) is 7.90. The maximum absolute atomic E-state index is 12.4. The number of thioether (sulfide) groups is 1. The zero-order valence-electron chi connectivity index (χ0n) is 18.0. The highest BCUT2D eigenvalue weighted by Gasteiger charge is 2.23. The van der Waals surface area contributed by atoms with Gasteiger partial charge in [-0.25, -0.2) is 0 Å². The number of benzene rings is 1. The Hall–Kier alpha value is -2.35. The maximum atomic E-state index is 12.4. The van der Waals surface area contributed by atoms with Crippen molar-refractivity contribution in [3.8, 4) is 0 Å². The van der Waals surface area contributed by atoms with E-state index in [9.17, 15) is 9.59 Å². The molecule has 3 rings (SSSR count). The van der Waals surface area contributed by atoms with E-state index in [1.807, 2.05) is 36.6 Å². The summed E-state index contributed by atoms with van der Waals surface area (Å²) in [7, 11) is 0. The lowest BCUT2D eigenvalue weighted by Gasteiger charge is -2.29. The summed E-state index contributed by atoms with van der Waals surface area (Å²) in [6.45, 7) is 7.14. The van der Waals surface area contributed by atoms with Gasteiger partial charge in [-0.3, -0.25) is 9.59 Å². The smallest absolute Gasteiger partial charge is 0.251 e. The van der Waals surface area contributed by atoms with Gasteiger partial charge in [0, 0.05) is 18.2 Å². The minimum atomic E-state index is -0.139. The van der Waals surface area contributed by atoms with E-state index in [1.54, 1.807) is 6.07 Å². The average molecular weight is 430 g/mol. The summed E-state index contributed by atoms with van der Waals surface area (Å²) in [4.78, 5) is 24.8. The van der Waals surface area contributed by atoms with Crippen molar-refractivity contribution in [1.82, 2.24) is 25.4 Å². The van der Waals surface area contributed by atoms with Crippen molar-refractivity contribution in [2.45, 2.75) is 70.7 Å². The highest BCUT2D eigenvalue weighted by Crippen LogP contribution is 2.24. The molecule has 0 aliphatic heterocycles. The van der Waals surface area contributed by atoms with Crippen molar-refractivity contribution in [2.75, 3.05) is 5.75 Å². The van der Waals surface area contributed by atoms with E-state index in [0.29, 0.717) is 41.3 Å². The largest absolute Gasteiger partial charge is 0.352 e. The molecule has 1 aliphatic rings. The molecule has 2 N–H and O–H groups in total. The molecule has 30 heavy (non-hydrogen) atoms. The number of carbonyl (C=O) groups is 2. The van der Waals surface area contributed by atoms with Gasteiger partial charge in [0.05, 0.1) is 12.3 Å². The molecule has 8 heteroatoms. The normalized spacial score (nSPS) is 18.8. The summed E-state index contributed by atoms with van der Waals surface area (Å²) >= 11 is 1.39. The van der Waals surface area contributed by atoms with Crippen molar-refractivity contribution < 1.29 is 9.59 Å². The molecule has 0 unspecified atom stereocenters. The lowest BCUT2D eigenvalue weighted by atomic mass is 9.86. The second-order valence-electron chi connectivity index (χ2n) is 7.92. The van der Waals surface area contributed by atoms with E-state index in [4.69, 9.17) is 0 Å². The minimum absolute atomic E-state index is 0.0405. The molecule has 162 valence electrons. The van der Waals surface area contributed by atoms with E-state index in [2.05, 4.69) is 27.8 Å². The second-order valence-corrected chi connectivity index (χ2v) is 8.86. The van der Waals surface area contributed by atoms with Crippen molar-refractivity contribution in [2.24, 2.45) is 5.92 Å². The van der Waals surface area contributed by atoms with Crippen LogP contribution in [0.25, 0.3) is 0 Å². The lowest BCUT2D eigenvalue weighted by Crippen LogP contribution is -2.41. The van der Waals surface area contributed by atoms with Crippen LogP contribution in [0, 0.1) is 12.8 Å². The summed E-state index contributed by atoms with van der Waals surface area (Å²) in [6.07, 6.45) is 4.68. The van der Waals surface area contributed by atoms with Crippen LogP contribution in [0.3, 0.4) is 0 Å². The molecule has 1 aliphatic carbocycles. The molecular weight excluding hydrogens is 398 g/mol. The van der Waals surface area contributed by atoms with Gasteiger partial charge in [0.1, 0.15) is 0 Å². The van der Waals surface area contributed by atoms with Crippen LogP contribution in [0.5, 0.6) is 0 Å². The van der Waals surface area contributed by atoms with E-state index in [-0.39, 0.29) is 17.9 Å². The zero-order chi connectivity index (χ0) is 21.5. The van der Waals surface area contributed by atoms with Gasteiger partial charge >= 0.3 is 0 Å². The summed E-state index contributed by atoms with van der Waals surface area (Å²) in [5.41, 5.74) is 1.67. The number of amides is 2. The number of aryl methyl sites for hydroxylation is 1. The lowest BCUT2D eigenvalue weighted by molar-refractivity contribution is -0.119. The Morgan fingerprint density at radius 2 is 2.03 bits per heavy atom. The molecule has 2 atom stereocenters. The number of hydrogen-bond donors (Lipinski definition) is 2. The fourth-order valence-corrected chi connectivity index (χ4v) is 4.66. The Labute approximate surface area is 182 Å². The van der Waals surface area contributed by atoms with Crippen LogP contribution in [-0.4, -0.2) is 38.4 Å². The summed E-state index contributed by atoms with van der Waals surface area (Å²) in [5.74, 6) is 1.44. The third-order valence-corrected chi connectivity index (χ3v) is 6.55. The van der Waals surface area contributed by atoms with Gasteiger partial charge in [0.25, 0.3) is 5.91 Å². The number of nitrogens with zero attached hydrogens (tertiary/aromatic N) is 3. The monoisotopic (exact) mass is 429 g/mol. The molecule has 1 heterocycles. The summed E-state index contributed by atoms with van der Waals surface area (Å²) in [6, 6.07) is 7.75. The van der Waals surface area contributed by atoms with Crippen molar-refractivity contribution in [1.29, 1.82) is 0 Å². The molecule has 7 nitrogen and oxygen atoms in total. The first-order chi connectivity index (χ1) is 14.5. The van der Waals surface area contributed by atoms with Gasteiger partial charge in [-0.2, -0.15) is 0 Å². The first kappa shape index (κ1) is 22.3. The molecule has 1 aromatic carbocycles. The predicted molar refractivity (Wildman–Crippen MR) is 118 cm³/mol. The van der Waals surface area contributed by atoms with Crippen LogP contribution in [-0.2, 0) is 17.9 Å². The van der Waals surface area contributed by atoms with Gasteiger partial charge in [-0.05, 0) is 44.7 Å². The van der Waals surface area contributed by atoms with Gasteiger partial charge < -0.3 is 15.2 Å². The van der Waals surface area contributed by atoms with Crippen LogP contribution < -0.4 is 10.6 Å². The first-order valence-corrected chi connectivity index (χ1v) is 11.7. The minimum Gasteiger partial charge on any atom is -0.352 e. The molecule has 0 saturated heterocycles. The first-order valence-electron chi connectivity index (χ1n) is 10.7. The third-order valence-electron chi connectivity index (χ3n) is 5.59. The molecule has 2 amide bonds. The summed E-state index contributed by atoms with van der Waals surface area (Å²) in [5, 5.41) is 15.2. The summed E-state index contributed by atoms with van der Waals surface area (Å²) < 4.78 is 1.94. The molecule has 0 spiro atoms. The Bertz CT molecular complexity index is 882. The number of nitrogens with one attached hydrogen (secondary N) is 2. The van der Waals surface area contributed by atoms with Crippen LogP contribution in [0.15, 0.2) is 29.4 Å².